The molecule has 1 aromatic carbocycles. The summed E-state index contributed by atoms with van der Waals surface area (Å²) >= 11 is 5.73. The number of carbonyl (C=O) groups is 1. The molecule has 0 aliphatic heterocycles. The maximum atomic E-state index is 12.7. The number of amides is 1. The van der Waals surface area contributed by atoms with Gasteiger partial charge >= 0.3 is 0 Å². The lowest BCUT2D eigenvalue weighted by Crippen LogP contribution is -2.35. The molecule has 0 aliphatic carbocycles. The first-order valence-corrected chi connectivity index (χ1v) is 4.87. The lowest BCUT2D eigenvalue weighted by Gasteiger charge is -2.14. The van der Waals surface area contributed by atoms with Crippen molar-refractivity contribution in [3.05, 3.63) is 29.0 Å². The molecule has 0 bridgehead atoms. The van der Waals surface area contributed by atoms with Gasteiger partial charge in [-0.1, -0.05) is 11.6 Å². The van der Waals surface area contributed by atoms with E-state index in [0.29, 0.717) is 0 Å². The van der Waals surface area contributed by atoms with Crippen LogP contribution in [-0.4, -0.2) is 19.1 Å². The molecule has 16 heavy (non-hydrogen) atoms. The molecule has 88 valence electrons. The van der Waals surface area contributed by atoms with Crippen LogP contribution >= 0.6 is 11.6 Å². The molecule has 0 fully saturated rings. The second-order valence-electron chi connectivity index (χ2n) is 3.01. The Balaban J connectivity index is 2.69. The number of benzene rings is 1. The summed E-state index contributed by atoms with van der Waals surface area (Å²) in [7, 11) is 1.31. The fourth-order valence-electron chi connectivity index (χ4n) is 0.998. The molecule has 1 rings (SSSR count). The first-order chi connectivity index (χ1) is 7.54. The van der Waals surface area contributed by atoms with E-state index in [1.54, 1.807) is 0 Å². The summed E-state index contributed by atoms with van der Waals surface area (Å²) in [6, 6.07) is 3.66. The average Bonchev–Trinajstić information content (AvgIpc) is 2.22. The van der Waals surface area contributed by atoms with E-state index in [0.717, 1.165) is 6.07 Å². The molecule has 4 nitrogen and oxygen atoms in total. The molecule has 0 aromatic heterocycles. The largest absolute Gasteiger partial charge is 0.479 e. The van der Waals surface area contributed by atoms with Crippen molar-refractivity contribution >= 4 is 17.5 Å². The van der Waals surface area contributed by atoms with Crippen LogP contribution in [0.2, 0.25) is 5.02 Å². The van der Waals surface area contributed by atoms with Crippen LogP contribution in [0.4, 0.5) is 4.39 Å². The summed E-state index contributed by atoms with van der Waals surface area (Å²) in [5.41, 5.74) is 2.12. The summed E-state index contributed by atoms with van der Waals surface area (Å²) in [6.45, 7) is 1.52. The Morgan fingerprint density at radius 3 is 2.81 bits per heavy atom. The average molecular weight is 248 g/mol. The van der Waals surface area contributed by atoms with Crippen LogP contribution in [-0.2, 0) is 9.63 Å². The van der Waals surface area contributed by atoms with Gasteiger partial charge in [-0.3, -0.25) is 9.63 Å². The highest BCUT2D eigenvalue weighted by atomic mass is 35.5. The number of hydrogen-bond acceptors (Lipinski definition) is 3. The maximum Gasteiger partial charge on any atom is 0.284 e. The highest BCUT2D eigenvalue weighted by Crippen LogP contribution is 2.25. The van der Waals surface area contributed by atoms with Crippen LogP contribution in [0.25, 0.3) is 0 Å². The third kappa shape index (κ3) is 3.36. The SMILES string of the molecule is CONC(=O)[C@H](C)Oc1ccc(F)cc1Cl. The molecule has 0 unspecified atom stereocenters. The van der Waals surface area contributed by atoms with Crippen molar-refractivity contribution in [2.45, 2.75) is 13.0 Å². The zero-order valence-electron chi connectivity index (χ0n) is 8.79. The summed E-state index contributed by atoms with van der Waals surface area (Å²) in [4.78, 5) is 15.7. The minimum atomic E-state index is -0.789. The fraction of sp³-hybridized carbons (Fsp3) is 0.300. The molecule has 1 amide bonds. The summed E-state index contributed by atoms with van der Waals surface area (Å²) in [5, 5.41) is 0.108. The van der Waals surface area contributed by atoms with Gasteiger partial charge in [-0.05, 0) is 25.1 Å². The highest BCUT2D eigenvalue weighted by Gasteiger charge is 2.15. The van der Waals surface area contributed by atoms with Gasteiger partial charge in [0.05, 0.1) is 12.1 Å². The van der Waals surface area contributed by atoms with Crippen molar-refractivity contribution in [2.75, 3.05) is 7.11 Å². The van der Waals surface area contributed by atoms with Crippen molar-refractivity contribution in [3.63, 3.8) is 0 Å². The Morgan fingerprint density at radius 1 is 1.56 bits per heavy atom. The van der Waals surface area contributed by atoms with Gasteiger partial charge in [0.25, 0.3) is 5.91 Å². The second kappa shape index (κ2) is 5.67. The van der Waals surface area contributed by atoms with Crippen LogP contribution in [0.5, 0.6) is 5.75 Å². The van der Waals surface area contributed by atoms with E-state index < -0.39 is 17.8 Å². The first-order valence-electron chi connectivity index (χ1n) is 4.49. The van der Waals surface area contributed by atoms with E-state index >= 15 is 0 Å². The van der Waals surface area contributed by atoms with Crippen LogP contribution in [0, 0.1) is 5.82 Å². The molecule has 0 saturated heterocycles. The number of hydroxylamine groups is 1. The summed E-state index contributed by atoms with van der Waals surface area (Å²) in [6.07, 6.45) is -0.789. The normalized spacial score (nSPS) is 12.0. The summed E-state index contributed by atoms with van der Waals surface area (Å²) in [5.74, 6) is -0.684. The number of carbonyl (C=O) groups excluding carboxylic acids is 1. The standard InChI is InChI=1S/C10H11ClFNO3/c1-6(10(14)13-15-2)16-9-4-3-7(12)5-8(9)11/h3-6H,1-2H3,(H,13,14)/t6-/m0/s1. The third-order valence-electron chi connectivity index (χ3n) is 1.77. The van der Waals surface area contributed by atoms with Gasteiger partial charge in [0.2, 0.25) is 0 Å². The zero-order chi connectivity index (χ0) is 12.1. The number of nitrogens with one attached hydrogen (secondary N) is 1. The van der Waals surface area contributed by atoms with Gasteiger partial charge in [0.1, 0.15) is 11.6 Å². The zero-order valence-corrected chi connectivity index (χ0v) is 9.55. The van der Waals surface area contributed by atoms with Crippen LogP contribution in [0.15, 0.2) is 18.2 Å². The number of rotatable bonds is 4. The van der Waals surface area contributed by atoms with Crippen molar-refractivity contribution in [2.24, 2.45) is 0 Å². The molecule has 0 saturated carbocycles. The molecule has 1 aromatic rings. The quantitative estimate of drug-likeness (QED) is 0.827. The van der Waals surface area contributed by atoms with E-state index in [2.05, 4.69) is 10.3 Å². The first kappa shape index (κ1) is 12.7. The van der Waals surface area contributed by atoms with E-state index in [1.165, 1.54) is 26.2 Å². The van der Waals surface area contributed by atoms with Crippen LogP contribution in [0.1, 0.15) is 6.92 Å². The molecular formula is C10H11ClFNO3. The Labute approximate surface area is 97.3 Å². The van der Waals surface area contributed by atoms with Crippen molar-refractivity contribution in [1.29, 1.82) is 0 Å². The number of ether oxygens (including phenoxy) is 1. The van der Waals surface area contributed by atoms with E-state index in [4.69, 9.17) is 16.3 Å². The van der Waals surface area contributed by atoms with Gasteiger partial charge in [0.15, 0.2) is 6.10 Å². The van der Waals surface area contributed by atoms with Crippen molar-refractivity contribution in [1.82, 2.24) is 5.48 Å². The molecule has 1 N–H and O–H groups in total. The van der Waals surface area contributed by atoms with Gasteiger partial charge in [-0.2, -0.15) is 0 Å². The van der Waals surface area contributed by atoms with Gasteiger partial charge in [-0.15, -0.1) is 0 Å². The van der Waals surface area contributed by atoms with E-state index in [-0.39, 0.29) is 10.8 Å². The molecule has 0 spiro atoms. The highest BCUT2D eigenvalue weighted by molar-refractivity contribution is 6.32. The Kier molecular flexibility index (Phi) is 4.52. The monoisotopic (exact) mass is 247 g/mol. The van der Waals surface area contributed by atoms with Crippen LogP contribution in [0.3, 0.4) is 0 Å². The molecule has 1 atom stereocenters. The minimum Gasteiger partial charge on any atom is -0.479 e. The maximum absolute atomic E-state index is 12.7. The fourth-order valence-corrected chi connectivity index (χ4v) is 1.21. The third-order valence-corrected chi connectivity index (χ3v) is 2.06. The Morgan fingerprint density at radius 2 is 2.25 bits per heavy atom. The molecular weight excluding hydrogens is 237 g/mol. The predicted octanol–water partition coefficient (Wildman–Crippen LogP) is 1.92. The van der Waals surface area contributed by atoms with Gasteiger partial charge in [-0.25, -0.2) is 9.87 Å². The van der Waals surface area contributed by atoms with Crippen molar-refractivity contribution in [3.8, 4) is 5.75 Å². The van der Waals surface area contributed by atoms with Gasteiger partial charge < -0.3 is 4.74 Å². The number of halogens is 2. The lowest BCUT2D eigenvalue weighted by atomic mass is 10.3. The lowest BCUT2D eigenvalue weighted by molar-refractivity contribution is -0.137. The molecule has 0 aliphatic rings. The minimum absolute atomic E-state index is 0.108. The Bertz CT molecular complexity index is 386. The predicted molar refractivity (Wildman–Crippen MR) is 56.7 cm³/mol. The topological polar surface area (TPSA) is 47.6 Å². The van der Waals surface area contributed by atoms with Crippen molar-refractivity contribution < 1.29 is 18.8 Å². The summed E-state index contributed by atoms with van der Waals surface area (Å²) < 4.78 is 17.9. The van der Waals surface area contributed by atoms with Crippen LogP contribution < -0.4 is 10.2 Å². The molecule has 6 heteroatoms. The van der Waals surface area contributed by atoms with Gasteiger partial charge in [0, 0.05) is 0 Å². The second-order valence-corrected chi connectivity index (χ2v) is 3.41. The molecule has 0 heterocycles. The Hall–Kier alpha value is -1.33. The number of hydrogen-bond donors (Lipinski definition) is 1. The van der Waals surface area contributed by atoms with E-state index in [1.807, 2.05) is 0 Å². The smallest absolute Gasteiger partial charge is 0.284 e. The molecule has 0 radical (unpaired) electrons. The van der Waals surface area contributed by atoms with E-state index in [9.17, 15) is 9.18 Å².